The minimum Gasteiger partial charge on any atom is -0.462 e. The topological polar surface area (TPSA) is 137 Å². The summed E-state index contributed by atoms with van der Waals surface area (Å²) < 4.78 is 24.4. The van der Waals surface area contributed by atoms with Crippen molar-refractivity contribution in [2.75, 3.05) is 54.7 Å². The number of hydrogen-bond donors (Lipinski definition) is 0. The number of carbonyl (C=O) groups excluding carboxylic acids is 4. The molecular formula is C56H86N4O10. The van der Waals surface area contributed by atoms with Crippen LogP contribution in [0.3, 0.4) is 0 Å². The van der Waals surface area contributed by atoms with Crippen LogP contribution < -0.4 is 0 Å². The first-order valence-corrected chi connectivity index (χ1v) is 25.2. The molecule has 0 aliphatic carbocycles. The molecule has 4 aliphatic rings. The molecule has 6 rings (SSSR count). The summed E-state index contributed by atoms with van der Waals surface area (Å²) in [6, 6.07) is 9.79. The Kier molecular flexibility index (Phi) is 15.2. The average molecular weight is 975 g/mol. The monoisotopic (exact) mass is 975 g/mol. The number of carbonyl (C=O) groups is 4. The van der Waals surface area contributed by atoms with Crippen LogP contribution in [0.4, 0.5) is 0 Å². The van der Waals surface area contributed by atoms with Crippen LogP contribution in [0.5, 0.6) is 0 Å². The maximum Gasteiger partial charge on any atom is 0.339 e. The fourth-order valence-corrected chi connectivity index (χ4v) is 13.0. The van der Waals surface area contributed by atoms with Crippen LogP contribution in [0, 0.1) is 23.7 Å². The van der Waals surface area contributed by atoms with E-state index < -0.39 is 35.0 Å². The summed E-state index contributed by atoms with van der Waals surface area (Å²) in [6.07, 6.45) is 3.07. The van der Waals surface area contributed by atoms with Crippen LogP contribution >= 0.6 is 0 Å². The predicted octanol–water partition coefficient (Wildman–Crippen LogP) is 9.88. The Morgan fingerprint density at radius 1 is 0.414 bits per heavy atom. The van der Waals surface area contributed by atoms with Crippen LogP contribution in [0.15, 0.2) is 36.4 Å². The molecule has 14 heteroatoms. The van der Waals surface area contributed by atoms with Crippen LogP contribution in [0.25, 0.3) is 11.1 Å². The molecular weight excluding hydrogens is 889 g/mol. The number of likely N-dealkylation sites (tertiary alicyclic amines) is 2. The zero-order valence-electron chi connectivity index (χ0n) is 46.3. The molecule has 0 aromatic heterocycles. The van der Waals surface area contributed by atoms with Gasteiger partial charge in [-0.15, -0.1) is 0 Å². The molecule has 4 unspecified atom stereocenters. The van der Waals surface area contributed by atoms with Gasteiger partial charge in [-0.2, -0.15) is 10.1 Å². The lowest BCUT2D eigenvalue weighted by atomic mass is 9.87. The second-order valence-electron chi connectivity index (χ2n) is 25.5. The van der Waals surface area contributed by atoms with Gasteiger partial charge in [0, 0.05) is 68.0 Å². The fraction of sp³-hybridized carbons (Fsp3) is 0.714. The molecule has 390 valence electrons. The Balaban J connectivity index is 1.35. The Labute approximate surface area is 419 Å². The summed E-state index contributed by atoms with van der Waals surface area (Å²) in [5.41, 5.74) is -0.980. The standard InChI is InChI=1S/C56H86N4O10/c1-49(2)27-37(53(9,10)57(49)17)31-67-45(61)41-23-21-35(25-43(41)47(63)69-32-38-28-50(3,4)58(18)54(38,11)12)36-22-24-42(46(62)68-33-39-29-51(5,6)59(65-19)55(39,13)14)44(26-36)48(64)70-34-40-30-52(7,8)60(66-20)56(40,15)16/h21-26,37-40H,27-34H2,1-20H3. The van der Waals surface area contributed by atoms with E-state index in [9.17, 15) is 19.2 Å². The van der Waals surface area contributed by atoms with Crippen molar-refractivity contribution in [1.29, 1.82) is 0 Å². The molecule has 0 spiro atoms. The SMILES string of the molecule is CON1C(C)(C)CC(COC(=O)c2ccc(-c3ccc(C(=O)OCC4CC(C)(C)N(C)C4(C)C)c(C(=O)OCC4CC(C)(C)N(C)C4(C)C)c3)cc2C(=O)OCC2CC(C)(C)N(OC)C2(C)C)C1(C)C. The highest BCUT2D eigenvalue weighted by Crippen LogP contribution is 2.48. The summed E-state index contributed by atoms with van der Waals surface area (Å²) in [6.45, 7) is 34.5. The third-order valence-electron chi connectivity index (χ3n) is 18.0. The Bertz CT molecular complexity index is 2310. The Morgan fingerprint density at radius 3 is 0.914 bits per heavy atom. The maximum atomic E-state index is 14.5. The van der Waals surface area contributed by atoms with Gasteiger partial charge < -0.3 is 28.6 Å². The molecule has 4 aliphatic heterocycles. The van der Waals surface area contributed by atoms with E-state index in [2.05, 4.69) is 135 Å². The quantitative estimate of drug-likeness (QED) is 0.124. The summed E-state index contributed by atoms with van der Waals surface area (Å²) in [5.74, 6) is -2.70. The molecule has 0 radical (unpaired) electrons. The van der Waals surface area contributed by atoms with Crippen molar-refractivity contribution in [1.82, 2.24) is 19.9 Å². The van der Waals surface area contributed by atoms with Crippen molar-refractivity contribution in [3.63, 3.8) is 0 Å². The summed E-state index contributed by atoms with van der Waals surface area (Å²) >= 11 is 0. The Hall–Kier alpha value is -3.92. The molecule has 4 heterocycles. The second kappa shape index (κ2) is 19.2. The van der Waals surface area contributed by atoms with Gasteiger partial charge >= 0.3 is 23.9 Å². The van der Waals surface area contributed by atoms with Gasteiger partial charge in [-0.3, -0.25) is 9.80 Å². The molecule has 0 saturated carbocycles. The van der Waals surface area contributed by atoms with E-state index in [1.165, 1.54) is 0 Å². The summed E-state index contributed by atoms with van der Waals surface area (Å²) in [4.78, 5) is 73.5. The van der Waals surface area contributed by atoms with E-state index >= 15 is 0 Å². The Morgan fingerprint density at radius 2 is 0.671 bits per heavy atom. The molecule has 2 aromatic carbocycles. The van der Waals surface area contributed by atoms with E-state index in [1.54, 1.807) is 50.6 Å². The number of nitrogens with zero attached hydrogens (tertiary/aromatic N) is 4. The lowest BCUT2D eigenvalue weighted by molar-refractivity contribution is -0.224. The van der Waals surface area contributed by atoms with Crippen LogP contribution in [-0.4, -0.2) is 143 Å². The zero-order chi connectivity index (χ0) is 52.5. The molecule has 4 fully saturated rings. The predicted molar refractivity (Wildman–Crippen MR) is 271 cm³/mol. The number of benzene rings is 2. The van der Waals surface area contributed by atoms with Crippen molar-refractivity contribution < 1.29 is 47.8 Å². The lowest BCUT2D eigenvalue weighted by Gasteiger charge is -2.39. The highest BCUT2D eigenvalue weighted by Gasteiger charge is 2.55. The molecule has 0 N–H and O–H groups in total. The lowest BCUT2D eigenvalue weighted by Crippen LogP contribution is -2.49. The van der Waals surface area contributed by atoms with Crippen LogP contribution in [0.2, 0.25) is 0 Å². The molecule has 4 saturated heterocycles. The summed E-state index contributed by atoms with van der Waals surface area (Å²) in [7, 11) is 7.49. The summed E-state index contributed by atoms with van der Waals surface area (Å²) in [5, 5.41) is 3.90. The molecule has 0 bridgehead atoms. The zero-order valence-corrected chi connectivity index (χ0v) is 46.3. The van der Waals surface area contributed by atoms with Gasteiger partial charge in [0.1, 0.15) is 0 Å². The molecule has 4 atom stereocenters. The highest BCUT2D eigenvalue weighted by atomic mass is 16.7. The van der Waals surface area contributed by atoms with E-state index in [1.807, 2.05) is 10.1 Å². The largest absolute Gasteiger partial charge is 0.462 e. The second-order valence-corrected chi connectivity index (χ2v) is 25.5. The van der Waals surface area contributed by atoms with Crippen LogP contribution in [0.1, 0.15) is 178 Å². The highest BCUT2D eigenvalue weighted by molar-refractivity contribution is 6.06. The maximum absolute atomic E-state index is 14.5. The third kappa shape index (κ3) is 10.2. The van der Waals surface area contributed by atoms with Crippen molar-refractivity contribution in [2.24, 2.45) is 23.7 Å². The van der Waals surface area contributed by atoms with Gasteiger partial charge in [-0.25, -0.2) is 19.2 Å². The molecule has 0 amide bonds. The van der Waals surface area contributed by atoms with Crippen molar-refractivity contribution in [3.8, 4) is 11.1 Å². The molecule has 70 heavy (non-hydrogen) atoms. The normalized spacial score (nSPS) is 27.3. The van der Waals surface area contributed by atoms with Crippen molar-refractivity contribution >= 4 is 23.9 Å². The first-order chi connectivity index (χ1) is 32.1. The third-order valence-corrected chi connectivity index (χ3v) is 18.0. The number of esters is 4. The van der Waals surface area contributed by atoms with Gasteiger partial charge in [0.25, 0.3) is 0 Å². The van der Waals surface area contributed by atoms with Gasteiger partial charge in [0.05, 0.1) is 62.9 Å². The van der Waals surface area contributed by atoms with Crippen molar-refractivity contribution in [3.05, 3.63) is 58.7 Å². The molecule has 2 aromatic rings. The van der Waals surface area contributed by atoms with Gasteiger partial charge in [-0.05, 0) is 186 Å². The first-order valence-electron chi connectivity index (χ1n) is 25.2. The number of rotatable bonds is 15. The van der Waals surface area contributed by atoms with E-state index in [0.29, 0.717) is 17.5 Å². The average Bonchev–Trinajstić information content (AvgIpc) is 3.72. The number of hydrogen-bond acceptors (Lipinski definition) is 14. The minimum absolute atomic E-state index is 0.0144. The van der Waals surface area contributed by atoms with Crippen LogP contribution in [-0.2, 0) is 28.6 Å². The van der Waals surface area contributed by atoms with Crippen molar-refractivity contribution in [2.45, 2.75) is 181 Å². The number of ether oxygens (including phenoxy) is 4. The van der Waals surface area contributed by atoms with Gasteiger partial charge in [0.15, 0.2) is 0 Å². The first kappa shape index (κ1) is 55.4. The van der Waals surface area contributed by atoms with Gasteiger partial charge in [-0.1, -0.05) is 12.1 Å². The van der Waals surface area contributed by atoms with E-state index in [4.69, 9.17) is 28.6 Å². The smallest absolute Gasteiger partial charge is 0.339 e. The number of hydroxylamine groups is 4. The molecule has 14 nitrogen and oxygen atoms in total. The fourth-order valence-electron chi connectivity index (χ4n) is 13.0. The minimum atomic E-state index is -0.693. The van der Waals surface area contributed by atoms with E-state index in [-0.39, 0.29) is 106 Å². The van der Waals surface area contributed by atoms with E-state index in [0.717, 1.165) is 19.3 Å². The van der Waals surface area contributed by atoms with Gasteiger partial charge in [0.2, 0.25) is 0 Å².